The molecular formula is C14H27NO. The average molecular weight is 225 g/mol. The summed E-state index contributed by atoms with van der Waals surface area (Å²) in [5.74, 6) is 0.762. The zero-order chi connectivity index (χ0) is 12.3. The van der Waals surface area contributed by atoms with Gasteiger partial charge in [-0.3, -0.25) is 4.79 Å². The van der Waals surface area contributed by atoms with Crippen molar-refractivity contribution in [2.45, 2.75) is 59.9 Å². The normalized spacial score (nSPS) is 26.4. The Labute approximate surface area is 100 Å². The van der Waals surface area contributed by atoms with Gasteiger partial charge in [-0.25, -0.2) is 0 Å². The van der Waals surface area contributed by atoms with Crippen LogP contribution in [0.4, 0.5) is 0 Å². The fourth-order valence-electron chi connectivity index (χ4n) is 2.68. The van der Waals surface area contributed by atoms with Crippen molar-refractivity contribution in [3.8, 4) is 0 Å². The zero-order valence-corrected chi connectivity index (χ0v) is 11.5. The van der Waals surface area contributed by atoms with E-state index in [0.29, 0.717) is 11.8 Å². The molecule has 0 bridgehead atoms. The Morgan fingerprint density at radius 2 is 2.06 bits per heavy atom. The van der Waals surface area contributed by atoms with Gasteiger partial charge in [0.1, 0.15) is 5.78 Å². The Morgan fingerprint density at radius 1 is 1.44 bits per heavy atom. The third-order valence-corrected chi connectivity index (χ3v) is 4.23. The van der Waals surface area contributed by atoms with Gasteiger partial charge in [-0.05, 0) is 32.7 Å². The molecule has 0 spiro atoms. The van der Waals surface area contributed by atoms with Crippen LogP contribution in [0.25, 0.3) is 0 Å². The average Bonchev–Trinajstić information content (AvgIpc) is 2.51. The molecule has 1 aliphatic rings. The van der Waals surface area contributed by atoms with Crippen LogP contribution in [0.2, 0.25) is 0 Å². The van der Waals surface area contributed by atoms with E-state index in [1.165, 1.54) is 0 Å². The number of carbonyl (C=O) groups is 1. The summed E-state index contributed by atoms with van der Waals surface area (Å²) in [6, 6.07) is 0.599. The first-order chi connectivity index (χ1) is 7.42. The topological polar surface area (TPSA) is 20.3 Å². The minimum absolute atomic E-state index is 0.0699. The highest BCUT2D eigenvalue weighted by atomic mass is 16.1. The third-order valence-electron chi connectivity index (χ3n) is 4.23. The van der Waals surface area contributed by atoms with E-state index in [4.69, 9.17) is 0 Å². The molecule has 2 heteroatoms. The van der Waals surface area contributed by atoms with Gasteiger partial charge in [0.15, 0.2) is 0 Å². The second-order valence-corrected chi connectivity index (χ2v) is 5.83. The maximum Gasteiger partial charge on any atom is 0.142 e. The second kappa shape index (κ2) is 5.31. The van der Waals surface area contributed by atoms with E-state index in [0.717, 1.165) is 32.4 Å². The molecule has 0 amide bonds. The molecule has 1 saturated carbocycles. The van der Waals surface area contributed by atoms with Gasteiger partial charge in [0.25, 0.3) is 0 Å². The highest BCUT2D eigenvalue weighted by Gasteiger charge is 2.40. The van der Waals surface area contributed by atoms with E-state index in [9.17, 15) is 4.79 Å². The summed E-state index contributed by atoms with van der Waals surface area (Å²) in [6.07, 6.45) is 3.31. The molecule has 0 saturated heterocycles. The number of nitrogens with zero attached hydrogens (tertiary/aromatic N) is 1. The van der Waals surface area contributed by atoms with Crippen LogP contribution in [0.15, 0.2) is 0 Å². The summed E-state index contributed by atoms with van der Waals surface area (Å²) in [6.45, 7) is 12.9. The molecule has 0 aliphatic heterocycles. The Morgan fingerprint density at radius 3 is 2.44 bits per heavy atom. The van der Waals surface area contributed by atoms with Gasteiger partial charge in [0, 0.05) is 23.9 Å². The number of hydrogen-bond donors (Lipinski definition) is 0. The van der Waals surface area contributed by atoms with Crippen LogP contribution in [-0.2, 0) is 4.79 Å². The van der Waals surface area contributed by atoms with Crippen LogP contribution in [0, 0.1) is 11.3 Å². The van der Waals surface area contributed by atoms with Crippen LogP contribution in [0.5, 0.6) is 0 Å². The van der Waals surface area contributed by atoms with Crippen molar-refractivity contribution in [3.63, 3.8) is 0 Å². The Balaban J connectivity index is 2.57. The van der Waals surface area contributed by atoms with Crippen molar-refractivity contribution >= 4 is 5.78 Å². The summed E-state index contributed by atoms with van der Waals surface area (Å²) >= 11 is 0. The molecular weight excluding hydrogens is 198 g/mol. The SMILES string of the molecule is CCC(C)N(CC)CC1CCC(C)(C)C1=O. The van der Waals surface area contributed by atoms with Gasteiger partial charge in [0.05, 0.1) is 0 Å². The number of rotatable bonds is 5. The van der Waals surface area contributed by atoms with Crippen LogP contribution in [-0.4, -0.2) is 29.8 Å². The van der Waals surface area contributed by atoms with Crippen LogP contribution < -0.4 is 0 Å². The van der Waals surface area contributed by atoms with Crippen molar-refractivity contribution in [2.75, 3.05) is 13.1 Å². The summed E-state index contributed by atoms with van der Waals surface area (Å²) in [5, 5.41) is 0. The molecule has 1 fully saturated rings. The standard InChI is InChI=1S/C14H27NO/c1-6-11(3)15(7-2)10-12-8-9-14(4,5)13(12)16/h11-12H,6-10H2,1-5H3. The molecule has 0 N–H and O–H groups in total. The molecule has 16 heavy (non-hydrogen) atoms. The molecule has 1 rings (SSSR count). The first-order valence-electron chi connectivity index (χ1n) is 6.70. The lowest BCUT2D eigenvalue weighted by molar-refractivity contribution is -0.128. The summed E-state index contributed by atoms with van der Waals surface area (Å²) in [5.41, 5.74) is -0.0699. The fraction of sp³-hybridized carbons (Fsp3) is 0.929. The molecule has 2 unspecified atom stereocenters. The maximum absolute atomic E-state index is 12.2. The minimum Gasteiger partial charge on any atom is -0.300 e. The first-order valence-corrected chi connectivity index (χ1v) is 6.70. The monoisotopic (exact) mass is 225 g/mol. The molecule has 2 nitrogen and oxygen atoms in total. The number of ketones is 1. The highest BCUT2D eigenvalue weighted by Crippen LogP contribution is 2.38. The smallest absolute Gasteiger partial charge is 0.142 e. The first kappa shape index (κ1) is 13.7. The summed E-state index contributed by atoms with van der Waals surface area (Å²) in [7, 11) is 0. The van der Waals surface area contributed by atoms with Crippen LogP contribution in [0.1, 0.15) is 53.9 Å². The molecule has 0 aromatic carbocycles. The lowest BCUT2D eigenvalue weighted by Crippen LogP contribution is -2.38. The number of Topliss-reactive ketones (excluding diaryl/α,β-unsaturated/α-hetero) is 1. The maximum atomic E-state index is 12.2. The van der Waals surface area contributed by atoms with Crippen LogP contribution in [0.3, 0.4) is 0 Å². The lowest BCUT2D eigenvalue weighted by Gasteiger charge is -2.29. The Hall–Kier alpha value is -0.370. The van der Waals surface area contributed by atoms with Gasteiger partial charge >= 0.3 is 0 Å². The lowest BCUT2D eigenvalue weighted by atomic mass is 9.89. The Kier molecular flexibility index (Phi) is 4.54. The number of carbonyl (C=O) groups excluding carboxylic acids is 1. The molecule has 1 aliphatic carbocycles. The molecule has 2 atom stereocenters. The summed E-state index contributed by atoms with van der Waals surface area (Å²) < 4.78 is 0. The van der Waals surface area contributed by atoms with E-state index in [2.05, 4.69) is 39.5 Å². The van der Waals surface area contributed by atoms with Crippen molar-refractivity contribution in [2.24, 2.45) is 11.3 Å². The van der Waals surface area contributed by atoms with Crippen molar-refractivity contribution in [3.05, 3.63) is 0 Å². The summed E-state index contributed by atoms with van der Waals surface area (Å²) in [4.78, 5) is 14.6. The van der Waals surface area contributed by atoms with E-state index in [1.807, 2.05) is 0 Å². The van der Waals surface area contributed by atoms with Crippen molar-refractivity contribution in [1.29, 1.82) is 0 Å². The van der Waals surface area contributed by atoms with Gasteiger partial charge in [0.2, 0.25) is 0 Å². The highest BCUT2D eigenvalue weighted by molar-refractivity contribution is 5.88. The molecule has 0 aromatic heterocycles. The van der Waals surface area contributed by atoms with Gasteiger partial charge in [-0.2, -0.15) is 0 Å². The largest absolute Gasteiger partial charge is 0.300 e. The molecule has 94 valence electrons. The van der Waals surface area contributed by atoms with E-state index >= 15 is 0 Å². The van der Waals surface area contributed by atoms with Crippen LogP contribution >= 0.6 is 0 Å². The zero-order valence-electron chi connectivity index (χ0n) is 11.5. The van der Waals surface area contributed by atoms with E-state index in [-0.39, 0.29) is 11.3 Å². The third kappa shape index (κ3) is 2.85. The second-order valence-electron chi connectivity index (χ2n) is 5.83. The molecule has 0 heterocycles. The van der Waals surface area contributed by atoms with Gasteiger partial charge in [-0.15, -0.1) is 0 Å². The molecule has 0 aromatic rings. The van der Waals surface area contributed by atoms with Crippen molar-refractivity contribution in [1.82, 2.24) is 4.90 Å². The predicted molar refractivity (Wildman–Crippen MR) is 68.5 cm³/mol. The predicted octanol–water partition coefficient (Wildman–Crippen LogP) is 3.11. The van der Waals surface area contributed by atoms with Gasteiger partial charge in [-0.1, -0.05) is 27.7 Å². The molecule has 0 radical (unpaired) electrons. The van der Waals surface area contributed by atoms with E-state index in [1.54, 1.807) is 0 Å². The number of hydrogen-bond acceptors (Lipinski definition) is 2. The minimum atomic E-state index is -0.0699. The van der Waals surface area contributed by atoms with Gasteiger partial charge < -0.3 is 4.90 Å². The Bertz CT molecular complexity index is 247. The fourth-order valence-corrected chi connectivity index (χ4v) is 2.68. The van der Waals surface area contributed by atoms with E-state index < -0.39 is 0 Å². The van der Waals surface area contributed by atoms with Crippen molar-refractivity contribution < 1.29 is 4.79 Å². The quantitative estimate of drug-likeness (QED) is 0.716.